The molecule has 0 amide bonds. The van der Waals surface area contributed by atoms with Gasteiger partial charge in [-0.2, -0.15) is 0 Å². The smallest absolute Gasteiger partial charge is 0.156 e. The van der Waals surface area contributed by atoms with Crippen LogP contribution in [0.2, 0.25) is 0 Å². The average molecular weight is 243 g/mol. The molecular weight excluding hydrogens is 218 g/mol. The Morgan fingerprint density at radius 1 is 1.38 bits per heavy atom. The molecule has 0 radical (unpaired) electrons. The Kier molecular flexibility index (Phi) is 6.88. The fraction of sp³-hybridized carbons (Fsp3) is 0.917. The van der Waals surface area contributed by atoms with E-state index in [0.717, 1.165) is 24.8 Å². The summed E-state index contributed by atoms with van der Waals surface area (Å²) in [5.41, 5.74) is 0. The molecule has 1 aliphatic rings. The number of nitrogens with one attached hydrogen (secondary N) is 1. The standard InChI is InChI=1S/C12H25N3S/c1-4-11-10-16-12(14-11)13-8-7-9-15(5-2)6-3/h11H,4-10H2,1-3H3,(H,13,14). The normalized spacial score (nSPS) is 23.0. The molecule has 0 aromatic rings. The van der Waals surface area contributed by atoms with E-state index in [1.165, 1.54) is 25.1 Å². The van der Waals surface area contributed by atoms with Gasteiger partial charge in [-0.3, -0.25) is 4.99 Å². The van der Waals surface area contributed by atoms with Crippen molar-refractivity contribution in [3.8, 4) is 0 Å². The lowest BCUT2D eigenvalue weighted by Crippen LogP contribution is -2.26. The molecule has 0 saturated carbocycles. The summed E-state index contributed by atoms with van der Waals surface area (Å²) in [6.07, 6.45) is 2.37. The van der Waals surface area contributed by atoms with Crippen LogP contribution in [0.15, 0.2) is 4.99 Å². The van der Waals surface area contributed by atoms with Crippen LogP contribution in [0.1, 0.15) is 33.6 Å². The minimum Gasteiger partial charge on any atom is -0.361 e. The third-order valence-corrected chi connectivity index (χ3v) is 4.11. The quantitative estimate of drug-likeness (QED) is 0.695. The van der Waals surface area contributed by atoms with Gasteiger partial charge < -0.3 is 10.2 Å². The van der Waals surface area contributed by atoms with Crippen molar-refractivity contribution in [2.75, 3.05) is 31.9 Å². The van der Waals surface area contributed by atoms with Gasteiger partial charge in [-0.05, 0) is 32.5 Å². The van der Waals surface area contributed by atoms with Crippen molar-refractivity contribution >= 4 is 16.9 Å². The van der Waals surface area contributed by atoms with Crippen molar-refractivity contribution in [2.24, 2.45) is 4.99 Å². The second kappa shape index (κ2) is 7.96. The molecule has 4 heteroatoms. The number of rotatable bonds is 7. The van der Waals surface area contributed by atoms with Crippen LogP contribution in [0.25, 0.3) is 0 Å². The summed E-state index contributed by atoms with van der Waals surface area (Å²) < 4.78 is 0. The minimum atomic E-state index is 0.645. The fourth-order valence-electron chi connectivity index (χ4n) is 1.76. The lowest BCUT2D eigenvalue weighted by molar-refractivity contribution is 0.302. The van der Waals surface area contributed by atoms with Crippen molar-refractivity contribution in [3.63, 3.8) is 0 Å². The average Bonchev–Trinajstić information content (AvgIpc) is 2.77. The Bertz CT molecular complexity index is 214. The Morgan fingerprint density at radius 3 is 2.69 bits per heavy atom. The second-order valence-electron chi connectivity index (χ2n) is 4.13. The molecule has 1 rings (SSSR count). The summed E-state index contributed by atoms with van der Waals surface area (Å²) in [6.45, 7) is 11.1. The van der Waals surface area contributed by atoms with Gasteiger partial charge in [0.15, 0.2) is 5.17 Å². The summed E-state index contributed by atoms with van der Waals surface area (Å²) in [7, 11) is 0. The molecule has 0 aliphatic carbocycles. The number of hydrogen-bond acceptors (Lipinski definition) is 3. The van der Waals surface area contributed by atoms with Crippen LogP contribution in [-0.2, 0) is 0 Å². The van der Waals surface area contributed by atoms with Gasteiger partial charge in [0.1, 0.15) is 0 Å². The van der Waals surface area contributed by atoms with Crippen LogP contribution in [0.5, 0.6) is 0 Å². The zero-order valence-electron chi connectivity index (χ0n) is 10.8. The maximum atomic E-state index is 4.60. The van der Waals surface area contributed by atoms with Crippen LogP contribution in [-0.4, -0.2) is 48.0 Å². The molecule has 0 aromatic heterocycles. The second-order valence-corrected chi connectivity index (χ2v) is 5.14. The van der Waals surface area contributed by atoms with Gasteiger partial charge in [-0.25, -0.2) is 0 Å². The molecular formula is C12H25N3S. The first-order valence-electron chi connectivity index (χ1n) is 6.46. The third-order valence-electron chi connectivity index (χ3n) is 3.02. The maximum Gasteiger partial charge on any atom is 0.156 e. The van der Waals surface area contributed by atoms with E-state index in [9.17, 15) is 0 Å². The first kappa shape index (κ1) is 13.8. The molecule has 1 fully saturated rings. The molecule has 3 nitrogen and oxygen atoms in total. The molecule has 1 aliphatic heterocycles. The molecule has 1 N–H and O–H groups in total. The zero-order chi connectivity index (χ0) is 11.8. The van der Waals surface area contributed by atoms with E-state index in [0.29, 0.717) is 6.04 Å². The first-order valence-corrected chi connectivity index (χ1v) is 7.44. The zero-order valence-corrected chi connectivity index (χ0v) is 11.6. The van der Waals surface area contributed by atoms with E-state index in [1.54, 1.807) is 0 Å². The highest BCUT2D eigenvalue weighted by atomic mass is 32.2. The fourth-order valence-corrected chi connectivity index (χ4v) is 2.87. The Morgan fingerprint density at radius 2 is 2.12 bits per heavy atom. The van der Waals surface area contributed by atoms with Crippen LogP contribution < -0.4 is 5.32 Å². The summed E-state index contributed by atoms with van der Waals surface area (Å²) >= 11 is 1.87. The van der Waals surface area contributed by atoms with E-state index in [2.05, 4.69) is 36.0 Å². The molecule has 16 heavy (non-hydrogen) atoms. The van der Waals surface area contributed by atoms with E-state index < -0.39 is 0 Å². The molecule has 1 unspecified atom stereocenters. The van der Waals surface area contributed by atoms with Crippen LogP contribution >= 0.6 is 11.8 Å². The third kappa shape index (κ3) is 4.74. The van der Waals surface area contributed by atoms with Crippen molar-refractivity contribution < 1.29 is 0 Å². The highest BCUT2D eigenvalue weighted by molar-refractivity contribution is 8.14. The molecule has 0 aromatic carbocycles. The summed E-state index contributed by atoms with van der Waals surface area (Å²) in [6, 6.07) is 0.645. The highest BCUT2D eigenvalue weighted by Gasteiger charge is 2.17. The minimum absolute atomic E-state index is 0.645. The van der Waals surface area contributed by atoms with Crippen LogP contribution in [0, 0.1) is 0 Å². The lowest BCUT2D eigenvalue weighted by atomic mass is 10.3. The number of amidine groups is 1. The van der Waals surface area contributed by atoms with Gasteiger partial charge in [0.25, 0.3) is 0 Å². The van der Waals surface area contributed by atoms with Gasteiger partial charge >= 0.3 is 0 Å². The molecule has 94 valence electrons. The molecule has 1 heterocycles. The predicted molar refractivity (Wildman–Crippen MR) is 74.4 cm³/mol. The van der Waals surface area contributed by atoms with Crippen molar-refractivity contribution in [1.82, 2.24) is 10.2 Å². The maximum absolute atomic E-state index is 4.60. The highest BCUT2D eigenvalue weighted by Crippen LogP contribution is 2.15. The molecule has 0 bridgehead atoms. The van der Waals surface area contributed by atoms with Crippen molar-refractivity contribution in [3.05, 3.63) is 0 Å². The molecule has 1 atom stereocenters. The van der Waals surface area contributed by atoms with Gasteiger partial charge in [-0.1, -0.05) is 32.5 Å². The Labute approximate surface area is 104 Å². The number of hydrogen-bond donors (Lipinski definition) is 1. The summed E-state index contributed by atoms with van der Waals surface area (Å²) in [4.78, 5) is 7.05. The first-order chi connectivity index (χ1) is 7.80. The topological polar surface area (TPSA) is 27.6 Å². The molecule has 1 saturated heterocycles. The summed E-state index contributed by atoms with van der Waals surface area (Å²) in [5, 5.41) is 4.61. The SMILES string of the molecule is CCC1CSC(=NCCCN(CC)CC)N1. The van der Waals surface area contributed by atoms with Crippen molar-refractivity contribution in [2.45, 2.75) is 39.7 Å². The van der Waals surface area contributed by atoms with E-state index in [1.807, 2.05) is 11.8 Å². The van der Waals surface area contributed by atoms with E-state index in [-0.39, 0.29) is 0 Å². The number of nitrogens with zero attached hydrogens (tertiary/aromatic N) is 2. The lowest BCUT2D eigenvalue weighted by Gasteiger charge is -2.16. The van der Waals surface area contributed by atoms with E-state index >= 15 is 0 Å². The predicted octanol–water partition coefficient (Wildman–Crippen LogP) is 2.19. The van der Waals surface area contributed by atoms with Gasteiger partial charge in [-0.15, -0.1) is 0 Å². The van der Waals surface area contributed by atoms with E-state index in [4.69, 9.17) is 0 Å². The van der Waals surface area contributed by atoms with Gasteiger partial charge in [0, 0.05) is 18.3 Å². The Hall–Kier alpha value is -0.220. The largest absolute Gasteiger partial charge is 0.361 e. The Balaban J connectivity index is 2.12. The summed E-state index contributed by atoms with van der Waals surface area (Å²) in [5.74, 6) is 1.19. The number of thioether (sulfide) groups is 1. The van der Waals surface area contributed by atoms with Crippen molar-refractivity contribution in [1.29, 1.82) is 0 Å². The van der Waals surface area contributed by atoms with Crippen LogP contribution in [0.3, 0.4) is 0 Å². The molecule has 0 spiro atoms. The van der Waals surface area contributed by atoms with Gasteiger partial charge in [0.05, 0.1) is 0 Å². The van der Waals surface area contributed by atoms with Gasteiger partial charge in [0.2, 0.25) is 0 Å². The monoisotopic (exact) mass is 243 g/mol. The van der Waals surface area contributed by atoms with Crippen LogP contribution in [0.4, 0.5) is 0 Å². The number of aliphatic imine (C=N–C) groups is 1.